The molecule has 6 rings (SSSR count). The van der Waals surface area contributed by atoms with Crippen LogP contribution in [0.4, 0.5) is 21.0 Å². The number of allylic oxidation sites excluding steroid dienone is 3. The van der Waals surface area contributed by atoms with Gasteiger partial charge in [0.1, 0.15) is 53.0 Å². The molecule has 25 heteroatoms. The highest BCUT2D eigenvalue weighted by Crippen LogP contribution is 2.61. The lowest BCUT2D eigenvalue weighted by molar-refractivity contribution is -0.385. The van der Waals surface area contributed by atoms with Crippen molar-refractivity contribution in [1.82, 2.24) is 25.8 Å². The number of hydrogen-bond donors (Lipinski definition) is 4. The van der Waals surface area contributed by atoms with Crippen LogP contribution in [0.1, 0.15) is 84.8 Å². The molecule has 1 aliphatic carbocycles. The molecule has 0 unspecified atom stereocenters. The highest BCUT2D eigenvalue weighted by molar-refractivity contribution is 8.76. The van der Waals surface area contributed by atoms with E-state index in [9.17, 15) is 44.0 Å². The Labute approximate surface area is 489 Å². The van der Waals surface area contributed by atoms with Gasteiger partial charge in [0.15, 0.2) is 5.72 Å². The van der Waals surface area contributed by atoms with Crippen LogP contribution in [0, 0.1) is 27.4 Å². The monoisotopic (exact) mass is 1200 g/mol. The number of nitrogens with zero attached hydrogens (tertiary/aromatic N) is 4. The van der Waals surface area contributed by atoms with E-state index in [1.54, 1.807) is 44.3 Å². The van der Waals surface area contributed by atoms with E-state index in [-0.39, 0.29) is 79.1 Å². The molecule has 0 radical (unpaired) electrons. The first kappa shape index (κ1) is 64.1. The molecule has 3 aromatic rings. The van der Waals surface area contributed by atoms with E-state index in [0.717, 1.165) is 21.6 Å². The van der Waals surface area contributed by atoms with E-state index in [4.69, 9.17) is 35.3 Å². The normalized spacial score (nSPS) is 24.4. The molecular weight excluding hydrogens is 1130 g/mol. The van der Waals surface area contributed by atoms with Crippen molar-refractivity contribution >= 4 is 92.2 Å². The number of thioether (sulfide) groups is 1. The molecule has 3 heterocycles. The summed E-state index contributed by atoms with van der Waals surface area (Å²) >= 11 is 8.21. The molecule has 8 atom stereocenters. The smallest absolute Gasteiger partial charge is 0.409 e. The summed E-state index contributed by atoms with van der Waals surface area (Å²) < 4.78 is 28.2. The number of methoxy groups -OCH3 is 2. The number of aromatic nitrogens is 1. The molecule has 1 saturated heterocycles. The molecule has 1 aromatic heterocycles. The van der Waals surface area contributed by atoms with Crippen molar-refractivity contribution in [3.8, 4) is 5.75 Å². The first-order valence-corrected chi connectivity index (χ1v) is 29.8. The van der Waals surface area contributed by atoms with Crippen molar-refractivity contribution in [2.24, 2.45) is 17.3 Å². The van der Waals surface area contributed by atoms with Crippen LogP contribution in [0.15, 0.2) is 88.5 Å². The lowest BCUT2D eigenvalue weighted by atomic mass is 9.83. The number of nitrogens with one attached hydrogen (secondary N) is 3. The third-order valence-electron chi connectivity index (χ3n) is 14.9. The molecule has 5 amide bonds. The van der Waals surface area contributed by atoms with E-state index >= 15 is 0 Å². The number of amides is 5. The quantitative estimate of drug-likeness (QED) is 0.0205. The molecular formula is C56H72ClN7O14S3. The zero-order chi connectivity index (χ0) is 59.4. The van der Waals surface area contributed by atoms with Crippen molar-refractivity contribution in [2.45, 2.75) is 131 Å². The number of carbonyl (C=O) groups is 6. The molecule has 0 spiro atoms. The maximum atomic E-state index is 14.5. The molecule has 2 fully saturated rings. The Balaban J connectivity index is 0.995. The number of aliphatic hydroxyl groups is 1. The Morgan fingerprint density at radius 3 is 2.47 bits per heavy atom. The predicted octanol–water partition coefficient (Wildman–Crippen LogP) is 8.82. The van der Waals surface area contributed by atoms with Crippen molar-refractivity contribution in [3.63, 3.8) is 0 Å². The summed E-state index contributed by atoms with van der Waals surface area (Å²) in [4.78, 5) is 98.7. The van der Waals surface area contributed by atoms with Gasteiger partial charge in [0.05, 0.1) is 29.9 Å². The fraction of sp³-hybridized carbons (Fsp3) is 0.518. The third kappa shape index (κ3) is 17.5. The van der Waals surface area contributed by atoms with Gasteiger partial charge < -0.3 is 49.2 Å². The average Bonchev–Trinajstić information content (AvgIpc) is 4.16. The number of carbonyl (C=O) groups excluding carboxylic acids is 6. The Morgan fingerprint density at radius 1 is 1.09 bits per heavy atom. The summed E-state index contributed by atoms with van der Waals surface area (Å²) in [5, 5.41) is 31.5. The number of rotatable bonds is 20. The van der Waals surface area contributed by atoms with E-state index < -0.39 is 69.2 Å². The summed E-state index contributed by atoms with van der Waals surface area (Å²) in [6, 6.07) is 12.9. The molecule has 440 valence electrons. The number of fused-ring (bicyclic) bond motifs is 5. The van der Waals surface area contributed by atoms with Gasteiger partial charge in [-0.15, -0.1) is 11.8 Å². The SMILES string of the molecule is COc1cc2cc(c1Cl)N(C)C(=O)C[C@H](OC(=O)[C@H](C)N(C)C(=O)CCC(C)(C)SCC(=O)NCCNC(=O)OCc1ccc(SSc3ccc([N+](=O)[O-])cn3)cc1)[C@@]1(C)C[C@H]1[C@H](C)[C@@H]1C[C@@](O)(NC(=O)O1)[C@H](OC)/C=C/C=C(\C)C2. The first-order valence-electron chi connectivity index (χ1n) is 26.3. The number of benzene rings is 2. The first-order chi connectivity index (χ1) is 38.3. The largest absolute Gasteiger partial charge is 0.495 e. The Kier molecular flexibility index (Phi) is 22.4. The highest BCUT2D eigenvalue weighted by atomic mass is 35.5. The van der Waals surface area contributed by atoms with Crippen LogP contribution in [0.3, 0.4) is 0 Å². The second-order valence-corrected chi connectivity index (χ2v) is 25.6. The lowest BCUT2D eigenvalue weighted by Crippen LogP contribution is -2.63. The molecule has 21 nitrogen and oxygen atoms in total. The van der Waals surface area contributed by atoms with Crippen molar-refractivity contribution in [1.29, 1.82) is 0 Å². The number of halogens is 1. The second kappa shape index (κ2) is 28.3. The minimum absolute atomic E-state index is 0.0184. The number of alkyl carbamates (subject to hydrolysis) is 2. The van der Waals surface area contributed by atoms with E-state index in [1.807, 2.05) is 65.0 Å². The van der Waals surface area contributed by atoms with Crippen LogP contribution in [0.5, 0.6) is 5.75 Å². The average molecular weight is 1200 g/mol. The molecule has 4 bridgehead atoms. The van der Waals surface area contributed by atoms with Crippen LogP contribution >= 0.6 is 45.0 Å². The maximum absolute atomic E-state index is 14.5. The number of esters is 1. The van der Waals surface area contributed by atoms with Crippen LogP contribution in [0.25, 0.3) is 0 Å². The number of hydrogen-bond acceptors (Lipinski definition) is 18. The van der Waals surface area contributed by atoms with E-state index in [2.05, 4.69) is 20.9 Å². The van der Waals surface area contributed by atoms with Crippen molar-refractivity contribution < 1.29 is 62.5 Å². The Morgan fingerprint density at radius 2 is 1.80 bits per heavy atom. The van der Waals surface area contributed by atoms with Gasteiger partial charge in [0, 0.05) is 68.3 Å². The standard InChI is InChI=1S/C56H72ClN7O14S3/c1-33-12-11-13-44(75-10)56(71)29-43(77-53(70)61-56)34(2)40-28-55(40,6)45(27-49(67)63(8)41-25-37(24-33)26-42(74-9)50(41)57)78-51(68)35(3)62(7)48(66)20-21-54(4,5)79-32-46(65)58-22-23-59-52(69)76-31-36-14-17-39(18-15-36)80-81-47-19-16-38(30-60-47)64(72)73/h11-19,25-26,30,34-35,40,43-45,71H,20-24,27-29,31-32H2,1-10H3,(H,58,65)(H,59,69)(H,61,70)/b13-11+,33-12+/t34-,35-,40-,43-,44+,45-,55-,56-/m0/s1. The molecule has 2 aliphatic heterocycles. The molecule has 1 saturated carbocycles. The Bertz CT molecular complexity index is 2850. The molecule has 3 aliphatic rings. The van der Waals surface area contributed by atoms with Gasteiger partial charge in [-0.3, -0.25) is 29.8 Å². The van der Waals surface area contributed by atoms with Crippen molar-refractivity contribution in [2.75, 3.05) is 52.1 Å². The summed E-state index contributed by atoms with van der Waals surface area (Å²) in [5.74, 6) is -1.89. The van der Waals surface area contributed by atoms with Gasteiger partial charge in [0.25, 0.3) is 5.69 Å². The van der Waals surface area contributed by atoms with Crippen LogP contribution in [-0.2, 0) is 51.2 Å². The Hall–Kier alpha value is -6.05. The van der Waals surface area contributed by atoms with Gasteiger partial charge in [0.2, 0.25) is 17.7 Å². The number of anilines is 1. The topological polar surface area (TPSA) is 267 Å². The van der Waals surface area contributed by atoms with Crippen molar-refractivity contribution in [3.05, 3.63) is 105 Å². The third-order valence-corrected chi connectivity index (χ3v) is 19.0. The van der Waals surface area contributed by atoms with Gasteiger partial charge in [-0.05, 0) is 97.2 Å². The fourth-order valence-corrected chi connectivity index (χ4v) is 12.6. The van der Waals surface area contributed by atoms with Crippen LogP contribution in [-0.4, -0.2) is 138 Å². The van der Waals surface area contributed by atoms with Gasteiger partial charge >= 0.3 is 18.2 Å². The summed E-state index contributed by atoms with van der Waals surface area (Å²) in [7, 11) is 8.81. The number of likely N-dealkylation sites (N-methyl/N-ethyl adjacent to an activating group) is 1. The minimum atomic E-state index is -1.83. The zero-order valence-electron chi connectivity index (χ0n) is 47.1. The van der Waals surface area contributed by atoms with Gasteiger partial charge in [-0.2, -0.15) is 0 Å². The van der Waals surface area contributed by atoms with Crippen LogP contribution < -0.4 is 25.6 Å². The summed E-state index contributed by atoms with van der Waals surface area (Å²) in [6.07, 6.45) is 3.36. The molecule has 81 heavy (non-hydrogen) atoms. The number of pyridine rings is 1. The van der Waals surface area contributed by atoms with Crippen LogP contribution in [0.2, 0.25) is 5.02 Å². The lowest BCUT2D eigenvalue weighted by Gasteiger charge is -2.42. The van der Waals surface area contributed by atoms with E-state index in [0.29, 0.717) is 35.7 Å². The highest BCUT2D eigenvalue weighted by Gasteiger charge is 2.62. The summed E-state index contributed by atoms with van der Waals surface area (Å²) in [5.41, 5.74) is 0.147. The maximum Gasteiger partial charge on any atom is 0.409 e. The minimum Gasteiger partial charge on any atom is -0.495 e. The number of ether oxygens (including phenoxy) is 5. The molecule has 4 N–H and O–H groups in total. The predicted molar refractivity (Wildman–Crippen MR) is 310 cm³/mol. The van der Waals surface area contributed by atoms with Gasteiger partial charge in [-0.1, -0.05) is 86.0 Å². The molecule has 2 aromatic carbocycles. The number of nitro groups is 1. The second-order valence-electron chi connectivity index (χ2n) is 21.3. The van der Waals surface area contributed by atoms with Gasteiger partial charge in [-0.25, -0.2) is 19.4 Å². The summed E-state index contributed by atoms with van der Waals surface area (Å²) in [6.45, 7) is 11.4. The zero-order valence-corrected chi connectivity index (χ0v) is 50.3. The van der Waals surface area contributed by atoms with E-state index in [1.165, 1.54) is 76.7 Å². The fourth-order valence-electron chi connectivity index (χ4n) is 9.57.